The molecule has 3 aromatic rings. The van der Waals surface area contributed by atoms with Gasteiger partial charge in [-0.3, -0.25) is 4.99 Å². The molecule has 0 fully saturated rings. The number of para-hydroxylation sites is 1. The van der Waals surface area contributed by atoms with Gasteiger partial charge in [0.05, 0.1) is 23.5 Å². The van der Waals surface area contributed by atoms with Gasteiger partial charge in [0.1, 0.15) is 11.6 Å². The first-order valence-corrected chi connectivity index (χ1v) is 8.70. The van der Waals surface area contributed by atoms with Gasteiger partial charge in [0.25, 0.3) is 0 Å². The first-order chi connectivity index (χ1) is 12.7. The highest BCUT2D eigenvalue weighted by molar-refractivity contribution is 9.10. The van der Waals surface area contributed by atoms with E-state index in [1.807, 2.05) is 49.4 Å². The summed E-state index contributed by atoms with van der Waals surface area (Å²) in [5.41, 5.74) is 3.25. The van der Waals surface area contributed by atoms with E-state index >= 15 is 0 Å². The summed E-state index contributed by atoms with van der Waals surface area (Å²) in [6, 6.07) is 9.71. The van der Waals surface area contributed by atoms with Gasteiger partial charge in [0.2, 0.25) is 0 Å². The van der Waals surface area contributed by atoms with Gasteiger partial charge in [-0.2, -0.15) is 9.61 Å². The van der Waals surface area contributed by atoms with Crippen LogP contribution < -0.4 is 10.1 Å². The van der Waals surface area contributed by atoms with Crippen molar-refractivity contribution in [2.75, 3.05) is 12.4 Å². The third-order valence-corrected chi connectivity index (χ3v) is 4.31. The van der Waals surface area contributed by atoms with Gasteiger partial charge in [0, 0.05) is 23.5 Å². The third kappa shape index (κ3) is 3.52. The Labute approximate surface area is 160 Å². The zero-order valence-electron chi connectivity index (χ0n) is 14.5. The summed E-state index contributed by atoms with van der Waals surface area (Å²) < 4.78 is 8.03. The number of rotatable bonds is 6. The first-order valence-electron chi connectivity index (χ1n) is 7.91. The molecule has 0 aliphatic rings. The molecule has 1 aromatic carbocycles. The molecule has 0 saturated heterocycles. The van der Waals surface area contributed by atoms with Crippen molar-refractivity contribution >= 4 is 34.1 Å². The summed E-state index contributed by atoms with van der Waals surface area (Å²) >= 11 is 3.51. The Balaban J connectivity index is 2.16. The molecule has 7 heteroatoms. The molecule has 2 heterocycles. The number of aliphatic imine (C=N–C) groups is 1. The lowest BCUT2D eigenvalue weighted by Crippen LogP contribution is -2.05. The molecule has 0 atom stereocenters. The Morgan fingerprint density at radius 2 is 2.19 bits per heavy atom. The number of halogens is 1. The number of methoxy groups -OCH3 is 1. The highest BCUT2D eigenvalue weighted by atomic mass is 79.9. The van der Waals surface area contributed by atoms with E-state index < -0.39 is 0 Å². The lowest BCUT2D eigenvalue weighted by Gasteiger charge is -2.13. The monoisotopic (exact) mass is 411 g/mol. The average Bonchev–Trinajstić information content (AvgIpc) is 3.06. The highest BCUT2D eigenvalue weighted by Gasteiger charge is 2.14. The number of nitrogens with one attached hydrogen (secondary N) is 1. The van der Waals surface area contributed by atoms with Gasteiger partial charge in [-0.1, -0.05) is 18.2 Å². The molecule has 0 amide bonds. The minimum absolute atomic E-state index is 0.706. The van der Waals surface area contributed by atoms with E-state index in [-0.39, 0.29) is 0 Å². The molecule has 0 bridgehead atoms. The fraction of sp³-hybridized carbons (Fsp3) is 0.105. The first kappa shape index (κ1) is 17.9. The summed E-state index contributed by atoms with van der Waals surface area (Å²) in [5.74, 6) is 1.52. The van der Waals surface area contributed by atoms with Crippen molar-refractivity contribution in [2.45, 2.75) is 6.92 Å². The number of anilines is 1. The lowest BCUT2D eigenvalue weighted by atomic mass is 10.1. The largest absolute Gasteiger partial charge is 0.496 e. The van der Waals surface area contributed by atoms with Gasteiger partial charge in [-0.15, -0.1) is 0 Å². The number of aromatic nitrogens is 3. The number of hydrogen-bond acceptors (Lipinski definition) is 5. The van der Waals surface area contributed by atoms with Crippen molar-refractivity contribution in [1.29, 1.82) is 0 Å². The summed E-state index contributed by atoms with van der Waals surface area (Å²) in [7, 11) is 1.65. The molecule has 26 heavy (non-hydrogen) atoms. The van der Waals surface area contributed by atoms with Crippen molar-refractivity contribution in [3.63, 3.8) is 0 Å². The standard InChI is InChI=1S/C19H18BrN5O/c1-4-13(9-10-21-2)23-18-11-16(14-7-5-6-8-17(14)26-3)24-19-15(20)12-22-25(18)19/h4-12,23H,2H2,1,3H3/b10-9-,13-4+. The van der Waals surface area contributed by atoms with Crippen LogP contribution in [0.25, 0.3) is 16.9 Å². The zero-order valence-corrected chi connectivity index (χ0v) is 16.1. The lowest BCUT2D eigenvalue weighted by molar-refractivity contribution is 0.416. The van der Waals surface area contributed by atoms with E-state index in [9.17, 15) is 0 Å². The molecule has 2 aromatic heterocycles. The van der Waals surface area contributed by atoms with Crippen LogP contribution in [-0.2, 0) is 0 Å². The van der Waals surface area contributed by atoms with Crippen LogP contribution >= 0.6 is 15.9 Å². The summed E-state index contributed by atoms with van der Waals surface area (Å²) in [5, 5.41) is 7.74. The molecule has 0 unspecified atom stereocenters. The van der Waals surface area contributed by atoms with Gasteiger partial charge < -0.3 is 10.1 Å². The van der Waals surface area contributed by atoms with E-state index in [0.29, 0.717) is 5.65 Å². The van der Waals surface area contributed by atoms with E-state index in [2.05, 4.69) is 38.1 Å². The van der Waals surface area contributed by atoms with Crippen molar-refractivity contribution in [1.82, 2.24) is 14.6 Å². The number of hydrogen-bond donors (Lipinski definition) is 1. The average molecular weight is 412 g/mol. The second-order valence-corrected chi connectivity index (χ2v) is 6.18. The topological polar surface area (TPSA) is 63.8 Å². The quantitative estimate of drug-likeness (QED) is 0.471. The van der Waals surface area contributed by atoms with E-state index in [1.54, 1.807) is 24.0 Å². The molecule has 1 N–H and O–H groups in total. The van der Waals surface area contributed by atoms with Crippen molar-refractivity contribution in [3.05, 3.63) is 65.1 Å². The van der Waals surface area contributed by atoms with E-state index in [4.69, 9.17) is 9.72 Å². The minimum atomic E-state index is 0.706. The van der Waals surface area contributed by atoms with Crippen LogP contribution in [-0.4, -0.2) is 28.4 Å². The van der Waals surface area contributed by atoms with Crippen LogP contribution in [0.15, 0.2) is 70.0 Å². The van der Waals surface area contributed by atoms with Crippen LogP contribution in [0.4, 0.5) is 5.82 Å². The maximum absolute atomic E-state index is 5.48. The van der Waals surface area contributed by atoms with E-state index in [0.717, 1.165) is 33.0 Å². The van der Waals surface area contributed by atoms with Gasteiger partial charge in [-0.05, 0) is 47.8 Å². The molecule has 0 aliphatic carbocycles. The molecule has 0 saturated carbocycles. The maximum Gasteiger partial charge on any atom is 0.172 e. The van der Waals surface area contributed by atoms with Crippen molar-refractivity contribution in [2.24, 2.45) is 4.99 Å². The predicted octanol–water partition coefficient (Wildman–Crippen LogP) is 4.70. The van der Waals surface area contributed by atoms with Gasteiger partial charge in [0.15, 0.2) is 5.65 Å². The zero-order chi connectivity index (χ0) is 18.5. The second kappa shape index (κ2) is 7.97. The van der Waals surface area contributed by atoms with Crippen LogP contribution in [0.1, 0.15) is 6.92 Å². The fourth-order valence-corrected chi connectivity index (χ4v) is 2.86. The minimum Gasteiger partial charge on any atom is -0.496 e. The molecule has 0 aliphatic heterocycles. The summed E-state index contributed by atoms with van der Waals surface area (Å²) in [6.07, 6.45) is 7.12. The van der Waals surface area contributed by atoms with Crippen LogP contribution in [0.2, 0.25) is 0 Å². The van der Waals surface area contributed by atoms with Gasteiger partial charge in [-0.25, -0.2) is 4.98 Å². The Bertz CT molecular complexity index is 1010. The van der Waals surface area contributed by atoms with Crippen molar-refractivity contribution < 1.29 is 4.74 Å². The Morgan fingerprint density at radius 3 is 2.92 bits per heavy atom. The second-order valence-electron chi connectivity index (χ2n) is 5.32. The number of fused-ring (bicyclic) bond motifs is 1. The number of nitrogens with zero attached hydrogens (tertiary/aromatic N) is 4. The molecule has 3 rings (SSSR count). The summed E-state index contributed by atoms with van der Waals surface area (Å²) in [4.78, 5) is 8.49. The predicted molar refractivity (Wildman–Crippen MR) is 109 cm³/mol. The molecule has 132 valence electrons. The number of benzene rings is 1. The number of allylic oxidation sites excluding steroid dienone is 2. The molecule has 0 radical (unpaired) electrons. The fourth-order valence-electron chi connectivity index (χ4n) is 2.51. The maximum atomic E-state index is 5.48. The van der Waals surface area contributed by atoms with Crippen molar-refractivity contribution in [3.8, 4) is 17.0 Å². The molecular formula is C19H18BrN5O. The molecule has 0 spiro atoms. The van der Waals surface area contributed by atoms with Gasteiger partial charge >= 0.3 is 0 Å². The van der Waals surface area contributed by atoms with Crippen LogP contribution in [0.5, 0.6) is 5.75 Å². The molecule has 6 nitrogen and oxygen atoms in total. The SMILES string of the molecule is C=N/C=C\C(=C/C)Nc1cc(-c2ccccc2OC)nc2c(Br)cnn12. The van der Waals surface area contributed by atoms with Crippen LogP contribution in [0.3, 0.4) is 0 Å². The Hall–Kier alpha value is -2.93. The van der Waals surface area contributed by atoms with E-state index in [1.165, 1.54) is 0 Å². The summed E-state index contributed by atoms with van der Waals surface area (Å²) in [6.45, 7) is 5.40. The number of ether oxygens (including phenoxy) is 1. The smallest absolute Gasteiger partial charge is 0.172 e. The third-order valence-electron chi connectivity index (χ3n) is 3.75. The normalized spacial score (nSPS) is 11.9. The van der Waals surface area contributed by atoms with Crippen LogP contribution in [0, 0.1) is 0 Å². The Morgan fingerprint density at radius 1 is 1.38 bits per heavy atom. The Kier molecular flexibility index (Phi) is 5.48. The molecular weight excluding hydrogens is 394 g/mol. The highest BCUT2D eigenvalue weighted by Crippen LogP contribution is 2.32.